The van der Waals surface area contributed by atoms with Gasteiger partial charge in [0.2, 0.25) is 0 Å². The highest BCUT2D eigenvalue weighted by atomic mass is 35.5. The van der Waals surface area contributed by atoms with Gasteiger partial charge in [-0.1, -0.05) is 35.9 Å². The minimum Gasteiger partial charge on any atom is -0.478 e. The molecule has 4 nitrogen and oxygen atoms in total. The summed E-state index contributed by atoms with van der Waals surface area (Å²) in [6.45, 7) is -0.0283. The molecule has 0 fully saturated rings. The van der Waals surface area contributed by atoms with E-state index in [4.69, 9.17) is 21.8 Å². The van der Waals surface area contributed by atoms with Gasteiger partial charge in [0, 0.05) is 11.8 Å². The summed E-state index contributed by atoms with van der Waals surface area (Å²) in [4.78, 5) is 14.8. The van der Waals surface area contributed by atoms with Crippen LogP contribution in [0.15, 0.2) is 36.5 Å². The molecule has 2 N–H and O–H groups in total. The highest BCUT2D eigenvalue weighted by Gasteiger charge is 2.11. The normalized spacial score (nSPS) is 10.3. The van der Waals surface area contributed by atoms with Crippen LogP contribution in [0.5, 0.6) is 0 Å². The van der Waals surface area contributed by atoms with Gasteiger partial charge in [-0.15, -0.1) is 0 Å². The summed E-state index contributed by atoms with van der Waals surface area (Å²) in [5.41, 5.74) is 2.25. The minimum atomic E-state index is -1.11. The number of benzene rings is 1. The second-order valence-corrected chi connectivity index (χ2v) is 4.08. The Hall–Kier alpha value is -1.91. The van der Waals surface area contributed by atoms with Crippen molar-refractivity contribution in [1.82, 2.24) is 4.98 Å². The number of halogens is 1. The number of nitrogens with zero attached hydrogens (tertiary/aromatic N) is 1. The summed E-state index contributed by atoms with van der Waals surface area (Å²) in [7, 11) is 0. The van der Waals surface area contributed by atoms with Crippen LogP contribution in [0.2, 0.25) is 5.15 Å². The van der Waals surface area contributed by atoms with Crippen LogP contribution in [0, 0.1) is 0 Å². The van der Waals surface area contributed by atoms with Gasteiger partial charge < -0.3 is 10.2 Å². The summed E-state index contributed by atoms with van der Waals surface area (Å²) in [5, 5.41) is 17.9. The van der Waals surface area contributed by atoms with Gasteiger partial charge >= 0.3 is 5.97 Å². The molecule has 0 atom stereocenters. The predicted octanol–water partition coefficient (Wildman–Crippen LogP) is 2.59. The van der Waals surface area contributed by atoms with Gasteiger partial charge in [0.25, 0.3) is 0 Å². The summed E-state index contributed by atoms with van der Waals surface area (Å²) in [6.07, 6.45) is 1.52. The number of carbonyl (C=O) groups is 1. The van der Waals surface area contributed by atoms with E-state index in [9.17, 15) is 4.79 Å². The molecule has 0 aliphatic rings. The Morgan fingerprint density at radius 3 is 2.44 bits per heavy atom. The van der Waals surface area contributed by atoms with Crippen LogP contribution in [-0.2, 0) is 6.61 Å². The van der Waals surface area contributed by atoms with E-state index in [1.165, 1.54) is 12.3 Å². The highest BCUT2D eigenvalue weighted by Crippen LogP contribution is 2.23. The summed E-state index contributed by atoms with van der Waals surface area (Å²) < 4.78 is 0. The number of aliphatic hydroxyl groups excluding tert-OH is 1. The lowest BCUT2D eigenvalue weighted by Crippen LogP contribution is -1.99. The number of pyridine rings is 1. The monoisotopic (exact) mass is 263 g/mol. The number of aromatic nitrogens is 1. The molecule has 0 spiro atoms. The largest absolute Gasteiger partial charge is 0.478 e. The lowest BCUT2D eigenvalue weighted by atomic mass is 10.0. The molecule has 0 radical (unpaired) electrons. The van der Waals surface area contributed by atoms with Crippen LogP contribution in [0.3, 0.4) is 0 Å². The van der Waals surface area contributed by atoms with Crippen molar-refractivity contribution >= 4 is 17.6 Å². The number of aromatic carboxylic acids is 1. The Kier molecular flexibility index (Phi) is 3.60. The third-order valence-corrected chi connectivity index (χ3v) is 2.84. The zero-order valence-corrected chi connectivity index (χ0v) is 10.1. The predicted molar refractivity (Wildman–Crippen MR) is 67.6 cm³/mol. The van der Waals surface area contributed by atoms with Crippen molar-refractivity contribution < 1.29 is 15.0 Å². The molecule has 2 aromatic rings. The van der Waals surface area contributed by atoms with Gasteiger partial charge in [-0.05, 0) is 17.2 Å². The Balaban J connectivity index is 2.44. The average molecular weight is 264 g/mol. The minimum absolute atomic E-state index is 0.0274. The highest BCUT2D eigenvalue weighted by molar-refractivity contribution is 6.32. The number of rotatable bonds is 3. The first kappa shape index (κ1) is 12.5. The zero-order chi connectivity index (χ0) is 13.1. The molecule has 1 aromatic heterocycles. The smallest absolute Gasteiger partial charge is 0.338 e. The summed E-state index contributed by atoms with van der Waals surface area (Å²) >= 11 is 5.70. The van der Waals surface area contributed by atoms with E-state index < -0.39 is 5.97 Å². The van der Waals surface area contributed by atoms with Crippen LogP contribution < -0.4 is 0 Å². The van der Waals surface area contributed by atoms with Crippen molar-refractivity contribution in [2.45, 2.75) is 6.61 Å². The second-order valence-electron chi connectivity index (χ2n) is 3.72. The molecule has 92 valence electrons. The number of hydrogen-bond donors (Lipinski definition) is 2. The van der Waals surface area contributed by atoms with Crippen LogP contribution in [-0.4, -0.2) is 21.2 Å². The van der Waals surface area contributed by atoms with Crippen LogP contribution >= 0.6 is 11.6 Å². The summed E-state index contributed by atoms with van der Waals surface area (Å²) in [6, 6.07) is 8.60. The van der Waals surface area contributed by atoms with E-state index in [1.807, 2.05) is 0 Å². The molecule has 0 bridgehead atoms. The maximum atomic E-state index is 10.9. The van der Waals surface area contributed by atoms with Crippen molar-refractivity contribution in [3.8, 4) is 11.1 Å². The van der Waals surface area contributed by atoms with Gasteiger partial charge in [0.15, 0.2) is 0 Å². The molecule has 0 unspecified atom stereocenters. The van der Waals surface area contributed by atoms with Crippen molar-refractivity contribution in [1.29, 1.82) is 0 Å². The summed E-state index contributed by atoms with van der Waals surface area (Å²) in [5.74, 6) is -1.11. The van der Waals surface area contributed by atoms with Crippen molar-refractivity contribution in [3.63, 3.8) is 0 Å². The third-order valence-electron chi connectivity index (χ3n) is 2.54. The second kappa shape index (κ2) is 5.16. The maximum Gasteiger partial charge on any atom is 0.338 e. The lowest BCUT2D eigenvalue weighted by Gasteiger charge is -2.05. The molecule has 2 rings (SSSR count). The first-order valence-electron chi connectivity index (χ1n) is 5.21. The first-order chi connectivity index (χ1) is 8.61. The SMILES string of the molecule is O=C(O)c1cc(-c2ccc(CO)cc2)cnc1Cl. The third kappa shape index (κ3) is 2.50. The molecule has 0 saturated heterocycles. The van der Waals surface area contributed by atoms with Gasteiger partial charge in [-0.25, -0.2) is 9.78 Å². The molecule has 0 amide bonds. The average Bonchev–Trinajstić information content (AvgIpc) is 2.39. The van der Waals surface area contributed by atoms with Crippen LogP contribution in [0.4, 0.5) is 0 Å². The Labute approximate surface area is 108 Å². The van der Waals surface area contributed by atoms with Crippen LogP contribution in [0.1, 0.15) is 15.9 Å². The van der Waals surface area contributed by atoms with E-state index >= 15 is 0 Å². The molecule has 0 aliphatic carbocycles. The fourth-order valence-electron chi connectivity index (χ4n) is 1.56. The number of carboxylic acids is 1. The van der Waals surface area contributed by atoms with Gasteiger partial charge in [0.05, 0.1) is 12.2 Å². The van der Waals surface area contributed by atoms with E-state index in [2.05, 4.69) is 4.98 Å². The maximum absolute atomic E-state index is 10.9. The van der Waals surface area contributed by atoms with E-state index in [0.29, 0.717) is 5.56 Å². The van der Waals surface area contributed by atoms with E-state index in [0.717, 1.165) is 11.1 Å². The Morgan fingerprint density at radius 2 is 1.89 bits per heavy atom. The molecule has 18 heavy (non-hydrogen) atoms. The van der Waals surface area contributed by atoms with Gasteiger partial charge in [-0.3, -0.25) is 0 Å². The topological polar surface area (TPSA) is 70.4 Å². The molecule has 5 heteroatoms. The quantitative estimate of drug-likeness (QED) is 0.835. The number of carboxylic acid groups (broad SMARTS) is 1. The first-order valence-corrected chi connectivity index (χ1v) is 5.58. The van der Waals surface area contributed by atoms with E-state index in [1.54, 1.807) is 24.3 Å². The molecule has 0 aliphatic heterocycles. The van der Waals surface area contributed by atoms with Crippen molar-refractivity contribution in [3.05, 3.63) is 52.8 Å². The molecule has 1 heterocycles. The van der Waals surface area contributed by atoms with Crippen LogP contribution in [0.25, 0.3) is 11.1 Å². The van der Waals surface area contributed by atoms with Crippen molar-refractivity contribution in [2.24, 2.45) is 0 Å². The molecule has 1 aromatic carbocycles. The molecular formula is C13H10ClNO3. The lowest BCUT2D eigenvalue weighted by molar-refractivity contribution is 0.0696. The Bertz CT molecular complexity index is 581. The Morgan fingerprint density at radius 1 is 1.22 bits per heavy atom. The van der Waals surface area contributed by atoms with E-state index in [-0.39, 0.29) is 17.3 Å². The standard InChI is InChI=1S/C13H10ClNO3/c14-12-11(13(17)18)5-10(6-15-12)9-3-1-8(7-16)2-4-9/h1-6,16H,7H2,(H,17,18). The fourth-order valence-corrected chi connectivity index (χ4v) is 1.74. The van der Waals surface area contributed by atoms with Crippen molar-refractivity contribution in [2.75, 3.05) is 0 Å². The fraction of sp³-hybridized carbons (Fsp3) is 0.0769. The zero-order valence-electron chi connectivity index (χ0n) is 9.30. The molecular weight excluding hydrogens is 254 g/mol. The van der Waals surface area contributed by atoms with Gasteiger partial charge in [-0.2, -0.15) is 0 Å². The number of hydrogen-bond acceptors (Lipinski definition) is 3. The van der Waals surface area contributed by atoms with Gasteiger partial charge in [0.1, 0.15) is 5.15 Å². The number of aliphatic hydroxyl groups is 1. The molecule has 0 saturated carbocycles.